The first-order chi connectivity index (χ1) is 9.47. The topological polar surface area (TPSA) is 79.5 Å². The van der Waals surface area contributed by atoms with Crippen LogP contribution in [0.3, 0.4) is 0 Å². The summed E-state index contributed by atoms with van der Waals surface area (Å²) in [7, 11) is 0. The third-order valence-electron chi connectivity index (χ3n) is 2.17. The lowest BCUT2D eigenvalue weighted by Crippen LogP contribution is -2.50. The van der Waals surface area contributed by atoms with E-state index in [-0.39, 0.29) is 11.6 Å². The van der Waals surface area contributed by atoms with Crippen LogP contribution >= 0.6 is 0 Å². The van der Waals surface area contributed by atoms with Gasteiger partial charge in [0.15, 0.2) is 0 Å². The Morgan fingerprint density at radius 3 is 2.10 bits per heavy atom. The van der Waals surface area contributed by atoms with Gasteiger partial charge in [0, 0.05) is 5.54 Å². The van der Waals surface area contributed by atoms with Crippen LogP contribution in [0.1, 0.15) is 26.3 Å². The number of rotatable bonds is 1. The van der Waals surface area contributed by atoms with Crippen LogP contribution in [0.2, 0.25) is 0 Å². The molecule has 0 aromatic heterocycles. The Balaban J connectivity index is 2.72. The van der Waals surface area contributed by atoms with Crippen molar-refractivity contribution in [2.24, 2.45) is 10.7 Å². The minimum atomic E-state index is -4.40. The average Bonchev–Trinajstić information content (AvgIpc) is 2.25. The summed E-state index contributed by atoms with van der Waals surface area (Å²) in [4.78, 5) is 15.3. The van der Waals surface area contributed by atoms with Gasteiger partial charge in [-0.3, -0.25) is 5.32 Å². The smallest absolute Gasteiger partial charge is 0.369 e. The Hall–Kier alpha value is -2.25. The number of nitrogens with zero attached hydrogens (tertiary/aromatic N) is 1. The first kappa shape index (κ1) is 16.8. The number of aliphatic imine (C=N–C) groups is 1. The molecular formula is C13H17F3N4O. The molecule has 0 saturated carbocycles. The van der Waals surface area contributed by atoms with Gasteiger partial charge < -0.3 is 11.1 Å². The second kappa shape index (κ2) is 6.02. The molecule has 0 heterocycles. The van der Waals surface area contributed by atoms with Gasteiger partial charge in [0.25, 0.3) is 0 Å². The van der Waals surface area contributed by atoms with Gasteiger partial charge in [-0.25, -0.2) is 9.79 Å². The van der Waals surface area contributed by atoms with Gasteiger partial charge in [0.05, 0.1) is 11.3 Å². The second-order valence-electron chi connectivity index (χ2n) is 5.37. The normalized spacial score (nSPS) is 13.0. The van der Waals surface area contributed by atoms with Crippen LogP contribution in [-0.4, -0.2) is 17.5 Å². The number of halogens is 3. The van der Waals surface area contributed by atoms with Crippen LogP contribution < -0.4 is 16.4 Å². The third kappa shape index (κ3) is 6.15. The monoisotopic (exact) mass is 302 g/mol. The summed E-state index contributed by atoms with van der Waals surface area (Å²) in [5.41, 5.74) is 4.49. The molecule has 0 radical (unpaired) electrons. The summed E-state index contributed by atoms with van der Waals surface area (Å²) in [6.07, 6.45) is -4.40. The maximum atomic E-state index is 12.4. The van der Waals surface area contributed by atoms with Gasteiger partial charge >= 0.3 is 12.2 Å². The molecule has 1 aromatic carbocycles. The van der Waals surface area contributed by atoms with Gasteiger partial charge in [-0.15, -0.1) is 0 Å². The second-order valence-corrected chi connectivity index (χ2v) is 5.37. The number of carbonyl (C=O) groups excluding carboxylic acids is 1. The molecule has 0 aliphatic heterocycles. The van der Waals surface area contributed by atoms with Crippen molar-refractivity contribution in [3.05, 3.63) is 29.8 Å². The van der Waals surface area contributed by atoms with E-state index < -0.39 is 23.3 Å². The zero-order valence-electron chi connectivity index (χ0n) is 11.9. The molecule has 2 amide bonds. The number of alkyl halides is 3. The summed E-state index contributed by atoms with van der Waals surface area (Å²) >= 11 is 0. The van der Waals surface area contributed by atoms with Crippen molar-refractivity contribution in [3.63, 3.8) is 0 Å². The Morgan fingerprint density at radius 2 is 1.67 bits per heavy atom. The molecule has 5 nitrogen and oxygen atoms in total. The predicted molar refractivity (Wildman–Crippen MR) is 74.1 cm³/mol. The molecule has 116 valence electrons. The maximum absolute atomic E-state index is 12.4. The molecule has 21 heavy (non-hydrogen) atoms. The molecule has 0 unspecified atom stereocenters. The fourth-order valence-corrected chi connectivity index (χ4v) is 1.38. The summed E-state index contributed by atoms with van der Waals surface area (Å²) < 4.78 is 37.2. The van der Waals surface area contributed by atoms with Crippen LogP contribution in [0.5, 0.6) is 0 Å². The molecule has 0 saturated heterocycles. The highest BCUT2D eigenvalue weighted by Crippen LogP contribution is 2.30. The lowest BCUT2D eigenvalue weighted by Gasteiger charge is -2.20. The standard InChI is InChI=1S/C13H17F3N4O/c1-12(2,3)20-11(21)19-10(17)18-9-6-4-8(5-7-9)13(14,15)16/h4-7H,1-3H3,(H4,17,18,19,20,21). The number of amides is 2. The summed E-state index contributed by atoms with van der Waals surface area (Å²) in [6.45, 7) is 5.36. The zero-order valence-corrected chi connectivity index (χ0v) is 11.9. The van der Waals surface area contributed by atoms with E-state index in [9.17, 15) is 18.0 Å². The number of carbonyl (C=O) groups is 1. The molecule has 0 spiro atoms. The molecule has 0 fully saturated rings. The van der Waals surface area contributed by atoms with E-state index in [4.69, 9.17) is 5.73 Å². The molecule has 0 aliphatic rings. The fraction of sp³-hybridized carbons (Fsp3) is 0.385. The van der Waals surface area contributed by atoms with Gasteiger partial charge in [-0.2, -0.15) is 13.2 Å². The van der Waals surface area contributed by atoms with Crippen LogP contribution in [0, 0.1) is 0 Å². The van der Waals surface area contributed by atoms with E-state index in [0.29, 0.717) is 0 Å². The number of benzene rings is 1. The largest absolute Gasteiger partial charge is 0.416 e. The van der Waals surface area contributed by atoms with Gasteiger partial charge in [0.2, 0.25) is 5.96 Å². The van der Waals surface area contributed by atoms with Crippen molar-refractivity contribution in [1.82, 2.24) is 10.6 Å². The summed E-state index contributed by atoms with van der Waals surface area (Å²) in [5, 5.41) is 4.89. The van der Waals surface area contributed by atoms with Gasteiger partial charge in [-0.05, 0) is 45.0 Å². The van der Waals surface area contributed by atoms with Crippen molar-refractivity contribution in [2.45, 2.75) is 32.5 Å². The Bertz CT molecular complexity index is 530. The molecule has 1 aromatic rings. The molecule has 8 heteroatoms. The van der Waals surface area contributed by atoms with Crippen molar-refractivity contribution in [2.75, 3.05) is 0 Å². The van der Waals surface area contributed by atoms with Crippen LogP contribution in [0.15, 0.2) is 29.3 Å². The summed E-state index contributed by atoms with van der Waals surface area (Å²) in [6, 6.07) is 3.57. The van der Waals surface area contributed by atoms with E-state index in [1.54, 1.807) is 20.8 Å². The van der Waals surface area contributed by atoms with E-state index in [2.05, 4.69) is 15.6 Å². The predicted octanol–water partition coefficient (Wildman–Crippen LogP) is 2.75. The van der Waals surface area contributed by atoms with E-state index in [0.717, 1.165) is 12.1 Å². The lowest BCUT2D eigenvalue weighted by atomic mass is 10.1. The molecular weight excluding hydrogens is 285 g/mol. The number of guanidine groups is 1. The number of hydrogen-bond donors (Lipinski definition) is 3. The number of hydrogen-bond acceptors (Lipinski definition) is 2. The quantitative estimate of drug-likeness (QED) is 0.551. The molecule has 1 rings (SSSR count). The highest BCUT2D eigenvalue weighted by molar-refractivity contribution is 5.96. The fourth-order valence-electron chi connectivity index (χ4n) is 1.38. The Morgan fingerprint density at radius 1 is 1.14 bits per heavy atom. The van der Waals surface area contributed by atoms with Crippen molar-refractivity contribution >= 4 is 17.7 Å². The Labute approximate surface area is 120 Å². The van der Waals surface area contributed by atoms with Gasteiger partial charge in [0.1, 0.15) is 0 Å². The van der Waals surface area contributed by atoms with Crippen LogP contribution in [-0.2, 0) is 6.18 Å². The average molecular weight is 302 g/mol. The lowest BCUT2D eigenvalue weighted by molar-refractivity contribution is -0.137. The zero-order chi connectivity index (χ0) is 16.3. The van der Waals surface area contributed by atoms with E-state index >= 15 is 0 Å². The minimum Gasteiger partial charge on any atom is -0.369 e. The van der Waals surface area contributed by atoms with E-state index in [1.165, 1.54) is 12.1 Å². The van der Waals surface area contributed by atoms with Crippen molar-refractivity contribution in [1.29, 1.82) is 0 Å². The third-order valence-corrected chi connectivity index (χ3v) is 2.17. The van der Waals surface area contributed by atoms with Gasteiger partial charge in [-0.1, -0.05) is 0 Å². The molecule has 0 atom stereocenters. The highest BCUT2D eigenvalue weighted by Gasteiger charge is 2.29. The maximum Gasteiger partial charge on any atom is 0.416 e. The van der Waals surface area contributed by atoms with Crippen LogP contribution in [0.4, 0.5) is 23.7 Å². The first-order valence-electron chi connectivity index (χ1n) is 6.08. The van der Waals surface area contributed by atoms with E-state index in [1.807, 2.05) is 0 Å². The Kier molecular flexibility index (Phi) is 4.82. The minimum absolute atomic E-state index is 0.205. The number of nitrogens with one attached hydrogen (secondary N) is 2. The molecule has 0 aliphatic carbocycles. The highest BCUT2D eigenvalue weighted by atomic mass is 19.4. The number of urea groups is 1. The first-order valence-corrected chi connectivity index (χ1v) is 6.08. The SMILES string of the molecule is CC(C)(C)NC(=O)NC(N)=Nc1ccc(C(F)(F)F)cc1. The molecule has 4 N–H and O–H groups in total. The molecule has 0 bridgehead atoms. The van der Waals surface area contributed by atoms with Crippen molar-refractivity contribution < 1.29 is 18.0 Å². The summed E-state index contributed by atoms with van der Waals surface area (Å²) in [5.74, 6) is -0.212. The number of nitrogens with two attached hydrogens (primary N) is 1. The van der Waals surface area contributed by atoms with Crippen LogP contribution in [0.25, 0.3) is 0 Å². The van der Waals surface area contributed by atoms with Crippen molar-refractivity contribution in [3.8, 4) is 0 Å².